The summed E-state index contributed by atoms with van der Waals surface area (Å²) in [5.74, 6) is 0. The number of rotatable bonds is 10. The molecule has 0 fully saturated rings. The zero-order valence-corrected chi connectivity index (χ0v) is 28.4. The standard InChI is InChI=1S/C33H42ClN3.2ClH.Fe/c1-9-23-15-25(11-3)32(26(12-4)16-23)35-21(7)30-19-29(34)20-31(37-30)22(8)36-33-27(13-5)17-24(10-2)18-28(33)14-6;;;/h15-20H,9-14H2,1-8H3;2*1H;/q;;;+2/p-2. The van der Waals surface area contributed by atoms with Crippen molar-refractivity contribution in [1.82, 2.24) is 4.98 Å². The van der Waals surface area contributed by atoms with Gasteiger partial charge in [0.25, 0.3) is 0 Å². The average Bonchev–Trinajstić information content (AvgIpc) is 2.92. The Morgan fingerprint density at radius 2 is 0.875 bits per heavy atom. The molecule has 0 saturated heterocycles. The van der Waals surface area contributed by atoms with Gasteiger partial charge in [0.15, 0.2) is 0 Å². The first-order chi connectivity index (χ1) is 17.8. The third-order valence-corrected chi connectivity index (χ3v) is 7.30. The summed E-state index contributed by atoms with van der Waals surface area (Å²) in [5.41, 5.74) is 13.3. The molecule has 0 atom stereocenters. The van der Waals surface area contributed by atoms with Crippen LogP contribution in [0.4, 0.5) is 11.4 Å². The largest absolute Gasteiger partial charge is 2.00 e. The Balaban J connectivity index is 0.00000507. The molecule has 3 nitrogen and oxygen atoms in total. The Hall–Kier alpha value is -1.68. The molecule has 2 aromatic carbocycles. The third-order valence-electron chi connectivity index (χ3n) is 7.09. The van der Waals surface area contributed by atoms with Gasteiger partial charge in [0, 0.05) is 5.02 Å². The molecule has 0 amide bonds. The Kier molecular flexibility index (Phi) is 17.2. The predicted octanol–water partition coefficient (Wildman–Crippen LogP) is 3.40. The average molecular weight is 643 g/mol. The van der Waals surface area contributed by atoms with Gasteiger partial charge >= 0.3 is 17.1 Å². The molecule has 0 spiro atoms. The number of hydrogen-bond acceptors (Lipinski definition) is 3. The molecule has 40 heavy (non-hydrogen) atoms. The zero-order valence-electron chi connectivity index (χ0n) is 25.0. The minimum Gasteiger partial charge on any atom is -1.00 e. The van der Waals surface area contributed by atoms with Crippen LogP contribution in [0, 0.1) is 0 Å². The van der Waals surface area contributed by atoms with E-state index in [1.165, 1.54) is 33.4 Å². The minimum absolute atomic E-state index is 0. The minimum atomic E-state index is 0. The summed E-state index contributed by atoms with van der Waals surface area (Å²) >= 11 is 6.61. The molecule has 1 aromatic heterocycles. The van der Waals surface area contributed by atoms with E-state index in [9.17, 15) is 0 Å². The number of aromatic nitrogens is 1. The number of halogens is 3. The number of benzene rings is 2. The number of nitrogens with zero attached hydrogens (tertiary/aromatic N) is 3. The maximum absolute atomic E-state index is 6.61. The van der Waals surface area contributed by atoms with Gasteiger partial charge < -0.3 is 24.8 Å². The van der Waals surface area contributed by atoms with Gasteiger partial charge in [-0.25, -0.2) is 4.98 Å². The molecule has 7 heteroatoms. The van der Waals surface area contributed by atoms with Crippen LogP contribution in [-0.2, 0) is 55.6 Å². The summed E-state index contributed by atoms with van der Waals surface area (Å²) in [6, 6.07) is 13.0. The van der Waals surface area contributed by atoms with E-state index in [2.05, 4.69) is 65.8 Å². The van der Waals surface area contributed by atoms with Crippen LogP contribution >= 0.6 is 11.6 Å². The fourth-order valence-corrected chi connectivity index (χ4v) is 4.96. The van der Waals surface area contributed by atoms with E-state index in [0.29, 0.717) is 5.02 Å². The molecule has 1 heterocycles. The number of aryl methyl sites for hydroxylation is 6. The van der Waals surface area contributed by atoms with Gasteiger partial charge in [-0.05, 0) is 97.9 Å². The van der Waals surface area contributed by atoms with Crippen LogP contribution in [0.15, 0.2) is 46.4 Å². The predicted molar refractivity (Wildman–Crippen MR) is 162 cm³/mol. The van der Waals surface area contributed by atoms with Crippen LogP contribution in [0.5, 0.6) is 0 Å². The summed E-state index contributed by atoms with van der Waals surface area (Å²) < 4.78 is 0. The molecule has 0 saturated carbocycles. The molecule has 0 aliphatic carbocycles. The summed E-state index contributed by atoms with van der Waals surface area (Å²) in [4.78, 5) is 15.2. The van der Waals surface area contributed by atoms with Crippen molar-refractivity contribution in [2.45, 2.75) is 93.9 Å². The molecule has 0 aliphatic heterocycles. The SMILES string of the molecule is CCc1cc(CC)c(N=C(C)c2cc(Cl)cc(C(C)=Nc3c(CC)cc(CC)cc3CC)n2)c(CC)c1.[Cl-].[Cl-].[Fe+2]. The molecular weight excluding hydrogens is 601 g/mol. The smallest absolute Gasteiger partial charge is 1.00 e. The Bertz CT molecular complexity index is 1180. The Morgan fingerprint density at radius 1 is 0.575 bits per heavy atom. The fourth-order valence-electron chi connectivity index (χ4n) is 4.76. The van der Waals surface area contributed by atoms with Gasteiger partial charge in [-0.3, -0.25) is 9.98 Å². The van der Waals surface area contributed by atoms with Crippen molar-refractivity contribution in [3.63, 3.8) is 0 Å². The topological polar surface area (TPSA) is 37.6 Å². The molecule has 0 aliphatic rings. The Morgan fingerprint density at radius 3 is 1.12 bits per heavy atom. The van der Waals surface area contributed by atoms with Crippen molar-refractivity contribution >= 4 is 34.4 Å². The van der Waals surface area contributed by atoms with Crippen LogP contribution in [0.25, 0.3) is 0 Å². The quantitative estimate of drug-likeness (QED) is 0.247. The number of hydrogen-bond donors (Lipinski definition) is 0. The van der Waals surface area contributed by atoms with Gasteiger partial charge in [0.1, 0.15) is 0 Å². The van der Waals surface area contributed by atoms with Gasteiger partial charge in [-0.2, -0.15) is 0 Å². The molecule has 0 radical (unpaired) electrons. The van der Waals surface area contributed by atoms with Crippen molar-refractivity contribution in [3.8, 4) is 0 Å². The second kappa shape index (κ2) is 18.0. The molecule has 3 rings (SSSR count). The van der Waals surface area contributed by atoms with E-state index in [4.69, 9.17) is 26.6 Å². The van der Waals surface area contributed by atoms with Crippen molar-refractivity contribution in [2.75, 3.05) is 0 Å². The molecule has 218 valence electrons. The van der Waals surface area contributed by atoms with Crippen LogP contribution in [0.2, 0.25) is 5.02 Å². The van der Waals surface area contributed by atoms with E-state index in [1.54, 1.807) is 0 Å². The van der Waals surface area contributed by atoms with E-state index < -0.39 is 0 Å². The monoisotopic (exact) mass is 641 g/mol. The first-order valence-corrected chi connectivity index (χ1v) is 14.2. The van der Waals surface area contributed by atoms with Crippen LogP contribution in [0.1, 0.15) is 100 Å². The molecule has 0 unspecified atom stereocenters. The van der Waals surface area contributed by atoms with Crippen LogP contribution < -0.4 is 24.8 Å². The second-order valence-corrected chi connectivity index (χ2v) is 10.0. The van der Waals surface area contributed by atoms with E-state index in [0.717, 1.165) is 72.7 Å². The van der Waals surface area contributed by atoms with Gasteiger partial charge in [-0.1, -0.05) is 77.4 Å². The number of pyridine rings is 1. The van der Waals surface area contributed by atoms with Crippen LogP contribution in [-0.4, -0.2) is 16.4 Å². The zero-order chi connectivity index (χ0) is 27.1. The summed E-state index contributed by atoms with van der Waals surface area (Å²) in [7, 11) is 0. The van der Waals surface area contributed by atoms with Gasteiger partial charge in [-0.15, -0.1) is 0 Å². The summed E-state index contributed by atoms with van der Waals surface area (Å²) in [5, 5.41) is 0.643. The maximum atomic E-state index is 6.61. The van der Waals surface area contributed by atoms with Crippen molar-refractivity contribution in [3.05, 3.63) is 86.2 Å². The molecule has 0 N–H and O–H groups in total. The van der Waals surface area contributed by atoms with Crippen molar-refractivity contribution < 1.29 is 41.9 Å². The second-order valence-electron chi connectivity index (χ2n) is 9.60. The van der Waals surface area contributed by atoms with Gasteiger partial charge in [0.2, 0.25) is 0 Å². The fraction of sp³-hybridized carbons (Fsp3) is 0.424. The molecular formula is C33H42Cl3FeN3. The Labute approximate surface area is 270 Å². The summed E-state index contributed by atoms with van der Waals surface area (Å²) in [6.07, 6.45) is 5.85. The number of aliphatic imine (C=N–C) groups is 2. The summed E-state index contributed by atoms with van der Waals surface area (Å²) in [6.45, 7) is 17.2. The first kappa shape index (κ1) is 38.3. The van der Waals surface area contributed by atoms with Crippen LogP contribution in [0.3, 0.4) is 0 Å². The van der Waals surface area contributed by atoms with E-state index in [1.807, 2.05) is 26.0 Å². The van der Waals surface area contributed by atoms with Crippen molar-refractivity contribution in [1.29, 1.82) is 0 Å². The van der Waals surface area contributed by atoms with Gasteiger partial charge in [0.05, 0.1) is 34.2 Å². The maximum Gasteiger partial charge on any atom is 2.00 e. The molecule has 0 bridgehead atoms. The van der Waals surface area contributed by atoms with E-state index in [-0.39, 0.29) is 41.9 Å². The first-order valence-electron chi connectivity index (χ1n) is 13.9. The third kappa shape index (κ3) is 9.16. The normalized spacial score (nSPS) is 11.4. The molecule has 3 aromatic rings. The van der Waals surface area contributed by atoms with E-state index >= 15 is 0 Å². The van der Waals surface area contributed by atoms with Crippen molar-refractivity contribution in [2.24, 2.45) is 9.98 Å².